The van der Waals surface area contributed by atoms with Crippen LogP contribution in [0.4, 0.5) is 0 Å². The topological polar surface area (TPSA) is 12.9 Å². The maximum atomic E-state index is 6.12. The molecule has 0 saturated carbocycles. The molecule has 2 aromatic rings. The van der Waals surface area contributed by atoms with Crippen LogP contribution in [0.3, 0.4) is 0 Å². The van der Waals surface area contributed by atoms with Crippen molar-refractivity contribution in [2.75, 3.05) is 0 Å². The molecule has 0 radical (unpaired) electrons. The molecule has 0 saturated heterocycles. The van der Waals surface area contributed by atoms with Gasteiger partial charge in [-0.2, -0.15) is 0 Å². The quantitative estimate of drug-likeness (QED) is 0.758. The summed E-state index contributed by atoms with van der Waals surface area (Å²) in [4.78, 5) is 4.45. The van der Waals surface area contributed by atoms with E-state index in [1.165, 1.54) is 0 Å². The molecule has 1 aromatic carbocycles. The average molecular weight is 277 g/mol. The Labute approximate surface area is 93.9 Å². The van der Waals surface area contributed by atoms with E-state index >= 15 is 0 Å². The maximum Gasteiger partial charge on any atom is 0.0936 e. The summed E-state index contributed by atoms with van der Waals surface area (Å²) in [5.41, 5.74) is 0.995. The Balaban J connectivity index is 2.76. The van der Waals surface area contributed by atoms with Crippen molar-refractivity contribution in [2.24, 2.45) is 0 Å². The average Bonchev–Trinajstić information content (AvgIpc) is 2.55. The van der Waals surface area contributed by atoms with E-state index in [9.17, 15) is 0 Å². The lowest BCUT2D eigenvalue weighted by Gasteiger charge is -1.94. The lowest BCUT2D eigenvalue weighted by atomic mass is 10.3. The number of aryl methyl sites for hydroxylation is 1. The van der Waals surface area contributed by atoms with E-state index in [-0.39, 0.29) is 0 Å². The van der Waals surface area contributed by atoms with E-state index < -0.39 is 0 Å². The SMILES string of the molecule is CCc1nc2ccc(Br)c(Cl)c2s1. The van der Waals surface area contributed by atoms with Gasteiger partial charge in [-0.25, -0.2) is 4.98 Å². The Morgan fingerprint density at radius 3 is 3.00 bits per heavy atom. The summed E-state index contributed by atoms with van der Waals surface area (Å²) in [5, 5.41) is 1.91. The number of fused-ring (bicyclic) bond motifs is 1. The fraction of sp³-hybridized carbons (Fsp3) is 0.222. The molecule has 0 N–H and O–H groups in total. The van der Waals surface area contributed by atoms with Crippen LogP contribution in [-0.2, 0) is 6.42 Å². The van der Waals surface area contributed by atoms with Gasteiger partial charge in [0.25, 0.3) is 0 Å². The number of hydrogen-bond donors (Lipinski definition) is 0. The number of thiazole rings is 1. The molecule has 0 aliphatic rings. The molecule has 0 amide bonds. The fourth-order valence-corrected chi connectivity index (χ4v) is 2.81. The minimum atomic E-state index is 0.773. The van der Waals surface area contributed by atoms with Gasteiger partial charge in [-0.3, -0.25) is 0 Å². The number of aromatic nitrogens is 1. The standard InChI is InChI=1S/C9H7BrClNS/c1-2-7-12-6-4-3-5(10)8(11)9(6)13-7/h3-4H,2H2,1H3. The number of rotatable bonds is 1. The second-order valence-corrected chi connectivity index (χ2v) is 4.99. The van der Waals surface area contributed by atoms with Gasteiger partial charge in [0, 0.05) is 4.47 Å². The van der Waals surface area contributed by atoms with E-state index in [2.05, 4.69) is 27.8 Å². The minimum Gasteiger partial charge on any atom is -0.241 e. The van der Waals surface area contributed by atoms with Crippen LogP contribution < -0.4 is 0 Å². The lowest BCUT2D eigenvalue weighted by Crippen LogP contribution is -1.74. The molecule has 1 aromatic heterocycles. The summed E-state index contributed by atoms with van der Waals surface area (Å²) in [6.45, 7) is 2.10. The molecule has 0 spiro atoms. The third-order valence-corrected chi connectivity index (χ3v) is 4.42. The molecule has 68 valence electrons. The van der Waals surface area contributed by atoms with Crippen LogP contribution >= 0.6 is 38.9 Å². The van der Waals surface area contributed by atoms with Crippen LogP contribution in [0.15, 0.2) is 16.6 Å². The number of nitrogens with zero attached hydrogens (tertiary/aromatic N) is 1. The number of halogens is 2. The molecular weight excluding hydrogens is 270 g/mol. The Morgan fingerprint density at radius 2 is 2.31 bits per heavy atom. The van der Waals surface area contributed by atoms with Crippen LogP contribution in [0.2, 0.25) is 5.02 Å². The predicted molar refractivity (Wildman–Crippen MR) is 61.7 cm³/mol. The molecule has 0 aliphatic carbocycles. The van der Waals surface area contributed by atoms with E-state index in [0.717, 1.165) is 31.1 Å². The first-order valence-electron chi connectivity index (χ1n) is 3.95. The van der Waals surface area contributed by atoms with E-state index in [4.69, 9.17) is 11.6 Å². The number of hydrogen-bond acceptors (Lipinski definition) is 2. The smallest absolute Gasteiger partial charge is 0.0936 e. The molecular formula is C9H7BrClNS. The molecule has 4 heteroatoms. The van der Waals surface area contributed by atoms with E-state index in [0.29, 0.717) is 0 Å². The van der Waals surface area contributed by atoms with Crippen LogP contribution in [-0.4, -0.2) is 4.98 Å². The van der Waals surface area contributed by atoms with Gasteiger partial charge in [0.2, 0.25) is 0 Å². The molecule has 0 unspecified atom stereocenters. The van der Waals surface area contributed by atoms with Gasteiger partial charge in [-0.1, -0.05) is 18.5 Å². The zero-order valence-corrected chi connectivity index (χ0v) is 10.1. The third-order valence-electron chi connectivity index (χ3n) is 1.80. The minimum absolute atomic E-state index is 0.773. The second kappa shape index (κ2) is 3.56. The largest absolute Gasteiger partial charge is 0.241 e. The van der Waals surface area contributed by atoms with Crippen LogP contribution in [0.5, 0.6) is 0 Å². The summed E-state index contributed by atoms with van der Waals surface area (Å²) in [6.07, 6.45) is 0.966. The first kappa shape index (κ1) is 9.44. The summed E-state index contributed by atoms with van der Waals surface area (Å²) < 4.78 is 2.01. The van der Waals surface area contributed by atoms with Gasteiger partial charge in [0.15, 0.2) is 0 Å². The highest BCUT2D eigenvalue weighted by Crippen LogP contribution is 2.34. The van der Waals surface area contributed by atoms with Crippen molar-refractivity contribution in [3.05, 3.63) is 26.6 Å². The van der Waals surface area contributed by atoms with Gasteiger partial charge in [0.05, 0.1) is 20.2 Å². The Morgan fingerprint density at radius 1 is 1.54 bits per heavy atom. The van der Waals surface area contributed by atoms with E-state index in [1.54, 1.807) is 11.3 Å². The van der Waals surface area contributed by atoms with Crippen LogP contribution in [0, 0.1) is 0 Å². The Hall–Kier alpha value is -0.120. The van der Waals surface area contributed by atoms with Crippen molar-refractivity contribution in [1.29, 1.82) is 0 Å². The molecule has 0 bridgehead atoms. The summed E-state index contributed by atoms with van der Waals surface area (Å²) in [5.74, 6) is 0. The monoisotopic (exact) mass is 275 g/mol. The lowest BCUT2D eigenvalue weighted by molar-refractivity contribution is 1.11. The highest BCUT2D eigenvalue weighted by molar-refractivity contribution is 9.10. The van der Waals surface area contributed by atoms with Crippen LogP contribution in [0.1, 0.15) is 11.9 Å². The zero-order valence-electron chi connectivity index (χ0n) is 6.97. The van der Waals surface area contributed by atoms with Gasteiger partial charge in [0.1, 0.15) is 0 Å². The maximum absolute atomic E-state index is 6.12. The van der Waals surface area contributed by atoms with Crippen molar-refractivity contribution in [3.8, 4) is 0 Å². The molecule has 0 fully saturated rings. The fourth-order valence-electron chi connectivity index (χ4n) is 1.13. The Bertz CT molecular complexity index is 452. The molecule has 0 aliphatic heterocycles. The molecule has 1 heterocycles. The normalized spacial score (nSPS) is 11.0. The highest BCUT2D eigenvalue weighted by Gasteiger charge is 2.08. The summed E-state index contributed by atoms with van der Waals surface area (Å²) in [7, 11) is 0. The summed E-state index contributed by atoms with van der Waals surface area (Å²) in [6, 6.07) is 3.92. The van der Waals surface area contributed by atoms with Gasteiger partial charge in [-0.15, -0.1) is 11.3 Å². The van der Waals surface area contributed by atoms with Gasteiger partial charge < -0.3 is 0 Å². The van der Waals surface area contributed by atoms with Crippen LogP contribution in [0.25, 0.3) is 10.2 Å². The predicted octanol–water partition coefficient (Wildman–Crippen LogP) is 4.27. The van der Waals surface area contributed by atoms with Crippen molar-refractivity contribution in [1.82, 2.24) is 4.98 Å². The van der Waals surface area contributed by atoms with Crippen molar-refractivity contribution < 1.29 is 0 Å². The molecule has 2 rings (SSSR count). The van der Waals surface area contributed by atoms with Crippen molar-refractivity contribution in [2.45, 2.75) is 13.3 Å². The van der Waals surface area contributed by atoms with Gasteiger partial charge in [-0.05, 0) is 34.5 Å². The first-order chi connectivity index (χ1) is 6.22. The molecule has 13 heavy (non-hydrogen) atoms. The summed E-state index contributed by atoms with van der Waals surface area (Å²) >= 11 is 11.2. The highest BCUT2D eigenvalue weighted by atomic mass is 79.9. The first-order valence-corrected chi connectivity index (χ1v) is 5.94. The van der Waals surface area contributed by atoms with Crippen molar-refractivity contribution >= 4 is 49.1 Å². The molecule has 0 atom stereocenters. The van der Waals surface area contributed by atoms with Crippen molar-refractivity contribution in [3.63, 3.8) is 0 Å². The number of benzene rings is 1. The third kappa shape index (κ3) is 1.60. The van der Waals surface area contributed by atoms with Gasteiger partial charge >= 0.3 is 0 Å². The Kier molecular flexibility index (Phi) is 2.58. The zero-order chi connectivity index (χ0) is 9.42. The second-order valence-electron chi connectivity index (χ2n) is 2.67. The van der Waals surface area contributed by atoms with E-state index in [1.807, 2.05) is 12.1 Å². The molecule has 1 nitrogen and oxygen atoms in total.